The quantitative estimate of drug-likeness (QED) is 0.830. The predicted molar refractivity (Wildman–Crippen MR) is 67.8 cm³/mol. The van der Waals surface area contributed by atoms with E-state index in [1.165, 1.54) is 19.4 Å². The Morgan fingerprint density at radius 1 is 1.67 bits per heavy atom. The second kappa shape index (κ2) is 5.54. The first-order chi connectivity index (χ1) is 8.58. The van der Waals surface area contributed by atoms with Crippen molar-refractivity contribution >= 4 is 5.97 Å². The number of nitrogens with zero attached hydrogens (tertiary/aromatic N) is 1. The lowest BCUT2D eigenvalue weighted by Gasteiger charge is -2.19. The Kier molecular flexibility index (Phi) is 4.04. The lowest BCUT2D eigenvalue weighted by Crippen LogP contribution is -2.35. The van der Waals surface area contributed by atoms with Crippen LogP contribution in [-0.4, -0.2) is 42.2 Å². The Hall–Kier alpha value is -1.33. The fraction of sp³-hybridized carbons (Fsp3) is 0.615. The van der Waals surface area contributed by atoms with Crippen molar-refractivity contribution in [3.8, 4) is 0 Å². The maximum atomic E-state index is 10.8. The minimum Gasteiger partial charge on any atom is -0.475 e. The van der Waals surface area contributed by atoms with Gasteiger partial charge in [0.25, 0.3) is 0 Å². The van der Waals surface area contributed by atoms with Crippen LogP contribution in [0.5, 0.6) is 0 Å². The second-order valence-corrected chi connectivity index (χ2v) is 4.90. The summed E-state index contributed by atoms with van der Waals surface area (Å²) in [4.78, 5) is 13.1. The molecule has 1 saturated heterocycles. The fourth-order valence-corrected chi connectivity index (χ4v) is 2.41. The fourth-order valence-electron chi connectivity index (χ4n) is 2.41. The van der Waals surface area contributed by atoms with E-state index in [2.05, 4.69) is 17.3 Å². The van der Waals surface area contributed by atoms with Crippen LogP contribution < -0.4 is 5.32 Å². The van der Waals surface area contributed by atoms with Crippen molar-refractivity contribution in [2.24, 2.45) is 0 Å². The maximum absolute atomic E-state index is 10.8. The van der Waals surface area contributed by atoms with Crippen LogP contribution >= 0.6 is 0 Å². The van der Waals surface area contributed by atoms with Gasteiger partial charge in [-0.15, -0.1) is 0 Å². The minimum absolute atomic E-state index is 0.0160. The number of carboxylic acid groups (broad SMARTS) is 1. The van der Waals surface area contributed by atoms with E-state index in [1.807, 2.05) is 0 Å². The van der Waals surface area contributed by atoms with Crippen molar-refractivity contribution in [2.45, 2.75) is 32.4 Å². The Balaban J connectivity index is 1.84. The molecule has 0 spiro atoms. The molecule has 0 aromatic carbocycles. The zero-order valence-electron chi connectivity index (χ0n) is 10.9. The van der Waals surface area contributed by atoms with Gasteiger partial charge in [0.1, 0.15) is 5.76 Å². The monoisotopic (exact) mass is 252 g/mol. The predicted octanol–water partition coefficient (Wildman–Crippen LogP) is 1.47. The summed E-state index contributed by atoms with van der Waals surface area (Å²) in [6.45, 7) is 4.56. The van der Waals surface area contributed by atoms with Crippen molar-refractivity contribution in [1.82, 2.24) is 10.2 Å². The summed E-state index contributed by atoms with van der Waals surface area (Å²) in [6, 6.07) is 2.19. The van der Waals surface area contributed by atoms with Gasteiger partial charge in [0.05, 0.1) is 0 Å². The topological polar surface area (TPSA) is 65.7 Å². The Bertz CT molecular complexity index is 428. The number of furan rings is 1. The van der Waals surface area contributed by atoms with E-state index in [9.17, 15) is 4.79 Å². The number of hydrogen-bond acceptors (Lipinski definition) is 4. The zero-order valence-corrected chi connectivity index (χ0v) is 10.9. The molecule has 1 fully saturated rings. The highest BCUT2D eigenvalue weighted by Gasteiger charge is 2.20. The molecule has 0 amide bonds. The molecule has 0 bridgehead atoms. The van der Waals surface area contributed by atoms with Crippen molar-refractivity contribution in [1.29, 1.82) is 0 Å². The first-order valence-corrected chi connectivity index (χ1v) is 6.31. The lowest BCUT2D eigenvalue weighted by molar-refractivity contribution is 0.0661. The van der Waals surface area contributed by atoms with Gasteiger partial charge in [-0.2, -0.15) is 0 Å². The molecule has 5 nitrogen and oxygen atoms in total. The van der Waals surface area contributed by atoms with E-state index in [0.29, 0.717) is 18.3 Å². The summed E-state index contributed by atoms with van der Waals surface area (Å²) in [5.41, 5.74) is 0.924. The number of rotatable bonds is 5. The molecule has 0 radical (unpaired) electrons. The number of aromatic carboxylic acids is 1. The van der Waals surface area contributed by atoms with Gasteiger partial charge in [-0.05, 0) is 39.4 Å². The molecule has 2 heterocycles. The number of carbonyl (C=O) groups is 1. The van der Waals surface area contributed by atoms with Crippen LogP contribution in [-0.2, 0) is 6.54 Å². The average molecular weight is 252 g/mol. The van der Waals surface area contributed by atoms with Crippen LogP contribution in [0.1, 0.15) is 34.7 Å². The van der Waals surface area contributed by atoms with E-state index in [4.69, 9.17) is 9.52 Å². The summed E-state index contributed by atoms with van der Waals surface area (Å²) in [6.07, 6.45) is 2.49. The number of nitrogens with one attached hydrogen (secondary N) is 1. The summed E-state index contributed by atoms with van der Waals surface area (Å²) in [5, 5.41) is 12.2. The molecule has 5 heteroatoms. The Labute approximate surface area is 107 Å². The van der Waals surface area contributed by atoms with E-state index < -0.39 is 5.97 Å². The maximum Gasteiger partial charge on any atom is 0.371 e. The van der Waals surface area contributed by atoms with Crippen LogP contribution in [0.3, 0.4) is 0 Å². The molecule has 1 aromatic heterocycles. The molecule has 2 rings (SSSR count). The van der Waals surface area contributed by atoms with Gasteiger partial charge in [0, 0.05) is 24.7 Å². The molecule has 18 heavy (non-hydrogen) atoms. The van der Waals surface area contributed by atoms with E-state index >= 15 is 0 Å². The third kappa shape index (κ3) is 2.91. The Morgan fingerprint density at radius 3 is 3.00 bits per heavy atom. The third-order valence-electron chi connectivity index (χ3n) is 3.60. The van der Waals surface area contributed by atoms with E-state index in [-0.39, 0.29) is 5.76 Å². The number of carboxylic acids is 1. The summed E-state index contributed by atoms with van der Waals surface area (Å²) >= 11 is 0. The Morgan fingerprint density at radius 2 is 2.44 bits per heavy atom. The first-order valence-electron chi connectivity index (χ1n) is 6.31. The van der Waals surface area contributed by atoms with Gasteiger partial charge in [-0.1, -0.05) is 0 Å². The third-order valence-corrected chi connectivity index (χ3v) is 3.60. The van der Waals surface area contributed by atoms with E-state index in [1.54, 1.807) is 13.0 Å². The standard InChI is InChI=1S/C13H20N2O3/c1-9-10(6-12(18-9)13(16)17)7-14-8-11-4-3-5-15(11)2/h6,11,14H,3-5,7-8H2,1-2H3,(H,16,17). The molecule has 1 aliphatic rings. The van der Waals surface area contributed by atoms with Gasteiger partial charge in [-0.25, -0.2) is 4.79 Å². The largest absolute Gasteiger partial charge is 0.475 e. The molecule has 1 aliphatic heterocycles. The van der Waals surface area contributed by atoms with Crippen molar-refractivity contribution < 1.29 is 14.3 Å². The summed E-state index contributed by atoms with van der Waals surface area (Å²) in [5.74, 6) is -0.318. The van der Waals surface area contributed by atoms with Crippen molar-refractivity contribution in [3.63, 3.8) is 0 Å². The van der Waals surface area contributed by atoms with Gasteiger partial charge >= 0.3 is 5.97 Å². The molecule has 1 unspecified atom stereocenters. The highest BCUT2D eigenvalue weighted by Crippen LogP contribution is 2.16. The molecule has 0 saturated carbocycles. The second-order valence-electron chi connectivity index (χ2n) is 4.90. The molecule has 100 valence electrons. The number of likely N-dealkylation sites (N-methyl/N-ethyl adjacent to an activating group) is 1. The highest BCUT2D eigenvalue weighted by molar-refractivity contribution is 5.84. The molecular weight excluding hydrogens is 232 g/mol. The first kappa shape index (κ1) is 13.1. The van der Waals surface area contributed by atoms with Gasteiger partial charge < -0.3 is 19.7 Å². The van der Waals surface area contributed by atoms with E-state index in [0.717, 1.165) is 12.1 Å². The van der Waals surface area contributed by atoms with Crippen molar-refractivity contribution in [3.05, 3.63) is 23.2 Å². The molecule has 2 N–H and O–H groups in total. The zero-order chi connectivity index (χ0) is 13.1. The van der Waals surface area contributed by atoms with Gasteiger partial charge in [-0.3, -0.25) is 0 Å². The van der Waals surface area contributed by atoms with Crippen LogP contribution in [0.2, 0.25) is 0 Å². The summed E-state index contributed by atoms with van der Waals surface area (Å²) < 4.78 is 5.17. The number of hydrogen-bond donors (Lipinski definition) is 2. The van der Waals surface area contributed by atoms with Gasteiger partial charge in [0.15, 0.2) is 0 Å². The number of aryl methyl sites for hydroxylation is 1. The number of likely N-dealkylation sites (tertiary alicyclic amines) is 1. The van der Waals surface area contributed by atoms with Crippen molar-refractivity contribution in [2.75, 3.05) is 20.1 Å². The molecule has 1 atom stereocenters. The van der Waals surface area contributed by atoms with Crippen LogP contribution in [0.15, 0.2) is 10.5 Å². The minimum atomic E-state index is -1.01. The van der Waals surface area contributed by atoms with Crippen LogP contribution in [0, 0.1) is 6.92 Å². The highest BCUT2D eigenvalue weighted by atomic mass is 16.4. The molecule has 1 aromatic rings. The molecule has 0 aliphatic carbocycles. The molecular formula is C13H20N2O3. The van der Waals surface area contributed by atoms with Crippen LogP contribution in [0.25, 0.3) is 0 Å². The van der Waals surface area contributed by atoms with Gasteiger partial charge in [0.2, 0.25) is 5.76 Å². The lowest BCUT2D eigenvalue weighted by atomic mass is 10.2. The normalized spacial score (nSPS) is 20.4. The smallest absolute Gasteiger partial charge is 0.371 e. The summed E-state index contributed by atoms with van der Waals surface area (Å²) in [7, 11) is 2.14. The average Bonchev–Trinajstić information content (AvgIpc) is 2.87. The van der Waals surface area contributed by atoms with Crippen LogP contribution in [0.4, 0.5) is 0 Å². The SMILES string of the molecule is Cc1oc(C(=O)O)cc1CNCC1CCCN1C.